The van der Waals surface area contributed by atoms with E-state index in [0.717, 1.165) is 83.9 Å². The molecule has 57 heavy (non-hydrogen) atoms. The van der Waals surface area contributed by atoms with Gasteiger partial charge in [-0.05, 0) is 121 Å². The normalized spacial score (nSPS) is 20.7. The second kappa shape index (κ2) is 13.0. The molecule has 2 fully saturated rings. The van der Waals surface area contributed by atoms with Crippen molar-refractivity contribution in [1.82, 2.24) is 19.5 Å². The summed E-state index contributed by atoms with van der Waals surface area (Å²) in [6, 6.07) is 48.5. The van der Waals surface area contributed by atoms with E-state index in [0.29, 0.717) is 23.0 Å². The van der Waals surface area contributed by atoms with Crippen LogP contribution in [0.15, 0.2) is 138 Å². The van der Waals surface area contributed by atoms with Crippen molar-refractivity contribution >= 4 is 43.7 Å². The van der Waals surface area contributed by atoms with Crippen LogP contribution < -0.4 is 0 Å². The summed E-state index contributed by atoms with van der Waals surface area (Å²) in [5, 5.41) is 13.9. The monoisotopic (exact) mass is 739 g/mol. The quantitative estimate of drug-likeness (QED) is 0.176. The van der Waals surface area contributed by atoms with Gasteiger partial charge in [-0.2, -0.15) is 5.26 Å². The van der Waals surface area contributed by atoms with Crippen molar-refractivity contribution in [3.05, 3.63) is 145 Å². The third kappa shape index (κ3) is 5.56. The van der Waals surface area contributed by atoms with Crippen molar-refractivity contribution in [2.24, 2.45) is 17.8 Å². The first-order valence-electron chi connectivity index (χ1n) is 20.2. The van der Waals surface area contributed by atoms with E-state index in [1.807, 2.05) is 48.5 Å². The minimum absolute atomic E-state index is 0.251. The lowest BCUT2D eigenvalue weighted by molar-refractivity contribution is 0.0780. The van der Waals surface area contributed by atoms with Crippen LogP contribution in [0.1, 0.15) is 57.1 Å². The van der Waals surface area contributed by atoms with Crippen molar-refractivity contribution in [2.45, 2.75) is 51.4 Å². The number of hydrogen-bond donors (Lipinski definition) is 0. The molecule has 276 valence electrons. The van der Waals surface area contributed by atoms with Gasteiger partial charge in [-0.1, -0.05) is 86.6 Å². The molecule has 1 unspecified atom stereocenters. The Morgan fingerprint density at radius 3 is 1.98 bits per heavy atom. The average molecular weight is 740 g/mol. The molecule has 0 spiro atoms. The Morgan fingerprint density at radius 1 is 0.614 bits per heavy atom. The van der Waals surface area contributed by atoms with Crippen LogP contribution in [-0.4, -0.2) is 19.5 Å². The van der Waals surface area contributed by atoms with Gasteiger partial charge >= 0.3 is 0 Å². The van der Waals surface area contributed by atoms with Gasteiger partial charge in [0, 0.05) is 38.4 Å². The lowest BCUT2D eigenvalue weighted by Crippen LogP contribution is -2.42. The predicted molar refractivity (Wildman–Crippen MR) is 229 cm³/mol. The van der Waals surface area contributed by atoms with Gasteiger partial charge in [0.25, 0.3) is 0 Å². The molecule has 0 saturated heterocycles. The van der Waals surface area contributed by atoms with Crippen LogP contribution in [0.4, 0.5) is 0 Å². The molecule has 11 rings (SSSR count). The van der Waals surface area contributed by atoms with Crippen LogP contribution in [0.3, 0.4) is 0 Å². The standard InChI is InChI=1S/C51H41N5O/c1-31-24-34-25-32(2)28-51(27-31,29-34)37-19-15-35(16-20-37)48-53-49(55-50(54-48)42-11-7-10-41-40-9-4-6-13-46(40)57-47(41)42)36-17-21-38(22-18-36)56-44-12-5-3-8-39(44)43-26-33(30-52)14-23-45(43)56/h3-23,26,31-32,34H,24-25,27-29H2,1-2H3/t31-,32+,34-,51?. The molecule has 6 heteroatoms. The first-order valence-corrected chi connectivity index (χ1v) is 20.2. The van der Waals surface area contributed by atoms with Crippen molar-refractivity contribution < 1.29 is 4.42 Å². The summed E-state index contributed by atoms with van der Waals surface area (Å²) in [6.07, 6.45) is 6.55. The highest BCUT2D eigenvalue weighted by Gasteiger charge is 2.45. The third-order valence-corrected chi connectivity index (χ3v) is 12.9. The third-order valence-electron chi connectivity index (χ3n) is 12.9. The van der Waals surface area contributed by atoms with E-state index in [4.69, 9.17) is 19.4 Å². The lowest BCUT2D eigenvalue weighted by Gasteiger charge is -2.50. The van der Waals surface area contributed by atoms with E-state index >= 15 is 0 Å². The Labute approximate surface area is 331 Å². The van der Waals surface area contributed by atoms with E-state index in [2.05, 4.69) is 109 Å². The minimum atomic E-state index is 0.251. The second-order valence-corrected chi connectivity index (χ2v) is 16.8. The molecule has 0 N–H and O–H groups in total. The van der Waals surface area contributed by atoms with Gasteiger partial charge < -0.3 is 8.98 Å². The Morgan fingerprint density at radius 2 is 1.25 bits per heavy atom. The largest absolute Gasteiger partial charge is 0.455 e. The highest BCUT2D eigenvalue weighted by molar-refractivity contribution is 6.10. The molecule has 2 saturated carbocycles. The minimum Gasteiger partial charge on any atom is -0.455 e. The molecular formula is C51H41N5O. The van der Waals surface area contributed by atoms with Crippen LogP contribution >= 0.6 is 0 Å². The first kappa shape index (κ1) is 33.7. The zero-order valence-electron chi connectivity index (χ0n) is 32.1. The number of aromatic nitrogens is 4. The second-order valence-electron chi connectivity index (χ2n) is 16.8. The van der Waals surface area contributed by atoms with Crippen molar-refractivity contribution in [2.75, 3.05) is 0 Å². The molecule has 6 nitrogen and oxygen atoms in total. The highest BCUT2D eigenvalue weighted by atomic mass is 16.3. The molecular weight excluding hydrogens is 699 g/mol. The summed E-state index contributed by atoms with van der Waals surface area (Å²) in [6.45, 7) is 4.89. The molecule has 3 heterocycles. The average Bonchev–Trinajstić information content (AvgIpc) is 3.79. The van der Waals surface area contributed by atoms with E-state index in [-0.39, 0.29) is 5.41 Å². The Balaban J connectivity index is 1.04. The number of hydrogen-bond acceptors (Lipinski definition) is 5. The number of rotatable bonds is 5. The van der Waals surface area contributed by atoms with Crippen molar-refractivity contribution in [3.8, 4) is 45.9 Å². The van der Waals surface area contributed by atoms with Gasteiger partial charge in [0.05, 0.1) is 28.2 Å². The molecule has 0 amide bonds. The van der Waals surface area contributed by atoms with E-state index < -0.39 is 0 Å². The smallest absolute Gasteiger partial charge is 0.167 e. The SMILES string of the molecule is C[C@@H]1C[C@@H]2C[C@H](C)CC(c3ccc(-c4nc(-c5ccc(-n6c7ccccc7c7cc(C#N)ccc76)cc5)nc(-c5cccc6c5oc5ccccc56)n4)cc3)(C1)C2. The number of furan rings is 1. The van der Waals surface area contributed by atoms with Gasteiger partial charge in [0.1, 0.15) is 11.2 Å². The number of fused-ring (bicyclic) bond motifs is 8. The van der Waals surface area contributed by atoms with Crippen molar-refractivity contribution in [1.29, 1.82) is 5.26 Å². The van der Waals surface area contributed by atoms with Gasteiger partial charge in [-0.25, -0.2) is 15.0 Å². The summed E-state index contributed by atoms with van der Waals surface area (Å²) in [5.74, 6) is 4.14. The maximum atomic E-state index is 9.64. The lowest BCUT2D eigenvalue weighted by atomic mass is 9.54. The number of benzene rings is 6. The van der Waals surface area contributed by atoms with Gasteiger partial charge in [-0.15, -0.1) is 0 Å². The molecule has 2 bridgehead atoms. The van der Waals surface area contributed by atoms with E-state index in [1.54, 1.807) is 0 Å². The molecule has 6 aromatic carbocycles. The molecule has 2 aliphatic carbocycles. The Kier molecular flexibility index (Phi) is 7.69. The topological polar surface area (TPSA) is 80.5 Å². The zero-order chi connectivity index (χ0) is 38.3. The van der Waals surface area contributed by atoms with Crippen LogP contribution in [-0.2, 0) is 5.41 Å². The van der Waals surface area contributed by atoms with Gasteiger partial charge in [0.15, 0.2) is 17.5 Å². The molecule has 0 aliphatic heterocycles. The van der Waals surface area contributed by atoms with E-state index in [9.17, 15) is 5.26 Å². The summed E-state index contributed by atoms with van der Waals surface area (Å²) in [4.78, 5) is 15.5. The van der Waals surface area contributed by atoms with Crippen LogP contribution in [0, 0.1) is 29.1 Å². The summed E-state index contributed by atoms with van der Waals surface area (Å²) in [5.41, 5.74) is 9.82. The van der Waals surface area contributed by atoms with Gasteiger partial charge in [-0.3, -0.25) is 0 Å². The molecule has 2 aliphatic rings. The van der Waals surface area contributed by atoms with Crippen LogP contribution in [0.25, 0.3) is 83.6 Å². The maximum absolute atomic E-state index is 9.64. The fourth-order valence-corrected chi connectivity index (χ4v) is 10.8. The van der Waals surface area contributed by atoms with E-state index in [1.165, 1.54) is 37.7 Å². The first-order chi connectivity index (χ1) is 27.9. The molecule has 3 aromatic heterocycles. The van der Waals surface area contributed by atoms with Crippen LogP contribution in [0.5, 0.6) is 0 Å². The Hall–Kier alpha value is -6.58. The van der Waals surface area contributed by atoms with Crippen molar-refractivity contribution in [3.63, 3.8) is 0 Å². The number of para-hydroxylation sites is 3. The highest BCUT2D eigenvalue weighted by Crippen LogP contribution is 2.54. The fourth-order valence-electron chi connectivity index (χ4n) is 10.8. The Bertz CT molecular complexity index is 3040. The molecule has 9 aromatic rings. The number of nitriles is 1. The summed E-state index contributed by atoms with van der Waals surface area (Å²) >= 11 is 0. The molecule has 4 atom stereocenters. The summed E-state index contributed by atoms with van der Waals surface area (Å²) < 4.78 is 8.74. The summed E-state index contributed by atoms with van der Waals surface area (Å²) in [7, 11) is 0. The predicted octanol–water partition coefficient (Wildman–Crippen LogP) is 12.8. The zero-order valence-corrected chi connectivity index (χ0v) is 32.1. The number of nitrogens with zero attached hydrogens (tertiary/aromatic N) is 5. The van der Waals surface area contributed by atoms with Crippen LogP contribution in [0.2, 0.25) is 0 Å². The fraction of sp³-hybridized carbons (Fsp3) is 0.216. The molecule has 0 radical (unpaired) electrons. The van der Waals surface area contributed by atoms with Gasteiger partial charge in [0.2, 0.25) is 0 Å². The maximum Gasteiger partial charge on any atom is 0.167 e.